The second-order valence-electron chi connectivity index (χ2n) is 9.05. The molecule has 1 spiro atoms. The summed E-state index contributed by atoms with van der Waals surface area (Å²) in [7, 11) is 0. The average molecular weight is 323 g/mol. The van der Waals surface area contributed by atoms with Gasteiger partial charge in [-0.3, -0.25) is 0 Å². The number of nitrogens with one attached hydrogen (secondary N) is 1. The van der Waals surface area contributed by atoms with Gasteiger partial charge in [-0.1, -0.05) is 13.8 Å². The lowest BCUT2D eigenvalue weighted by molar-refractivity contribution is 0.0126. The van der Waals surface area contributed by atoms with E-state index in [1.54, 1.807) is 0 Å². The monoisotopic (exact) mass is 322 g/mol. The molecule has 0 aromatic rings. The van der Waals surface area contributed by atoms with Crippen LogP contribution in [0.2, 0.25) is 0 Å². The predicted molar refractivity (Wildman–Crippen MR) is 96.6 cm³/mol. The molecular formula is C20H38N2O. The van der Waals surface area contributed by atoms with Crippen molar-refractivity contribution in [3.05, 3.63) is 0 Å². The molecule has 2 N–H and O–H groups in total. The second-order valence-corrected chi connectivity index (χ2v) is 9.05. The molecule has 0 aromatic carbocycles. The lowest BCUT2D eigenvalue weighted by atomic mass is 9.67. The van der Waals surface area contributed by atoms with Gasteiger partial charge in [0.15, 0.2) is 0 Å². The molecule has 0 radical (unpaired) electrons. The molecule has 0 amide bonds. The fourth-order valence-electron chi connectivity index (χ4n) is 5.38. The third-order valence-electron chi connectivity index (χ3n) is 7.03. The molecule has 1 aliphatic carbocycles. The molecule has 1 saturated carbocycles. The molecule has 2 heterocycles. The molecular weight excluding hydrogens is 284 g/mol. The highest BCUT2D eigenvalue weighted by atomic mass is 16.3. The molecule has 2 saturated heterocycles. The van der Waals surface area contributed by atoms with Gasteiger partial charge in [0, 0.05) is 6.04 Å². The molecule has 0 bridgehead atoms. The summed E-state index contributed by atoms with van der Waals surface area (Å²) in [6, 6.07) is 0.832. The van der Waals surface area contributed by atoms with E-state index >= 15 is 0 Å². The third kappa shape index (κ3) is 4.49. The van der Waals surface area contributed by atoms with Crippen molar-refractivity contribution in [1.82, 2.24) is 10.2 Å². The van der Waals surface area contributed by atoms with E-state index in [1.807, 2.05) is 0 Å². The summed E-state index contributed by atoms with van der Waals surface area (Å²) < 4.78 is 0. The van der Waals surface area contributed by atoms with Crippen LogP contribution >= 0.6 is 0 Å². The third-order valence-corrected chi connectivity index (χ3v) is 7.03. The number of rotatable bonds is 4. The Balaban J connectivity index is 1.42. The summed E-state index contributed by atoms with van der Waals surface area (Å²) in [6.45, 7) is 9.36. The van der Waals surface area contributed by atoms with Gasteiger partial charge in [-0.15, -0.1) is 0 Å². The Morgan fingerprint density at radius 3 is 2.17 bits per heavy atom. The summed E-state index contributed by atoms with van der Waals surface area (Å²) >= 11 is 0. The Morgan fingerprint density at radius 1 is 1.00 bits per heavy atom. The number of likely N-dealkylation sites (tertiary alicyclic amines) is 1. The van der Waals surface area contributed by atoms with Crippen LogP contribution in [-0.2, 0) is 0 Å². The Morgan fingerprint density at radius 2 is 1.61 bits per heavy atom. The fraction of sp³-hybridized carbons (Fsp3) is 1.00. The highest BCUT2D eigenvalue weighted by Crippen LogP contribution is 2.44. The minimum Gasteiger partial charge on any atom is -0.393 e. The molecule has 134 valence electrons. The molecule has 23 heavy (non-hydrogen) atoms. The van der Waals surface area contributed by atoms with Crippen LogP contribution in [0.15, 0.2) is 0 Å². The van der Waals surface area contributed by atoms with Gasteiger partial charge in [-0.2, -0.15) is 0 Å². The van der Waals surface area contributed by atoms with E-state index in [2.05, 4.69) is 24.1 Å². The van der Waals surface area contributed by atoms with Crippen LogP contribution in [-0.4, -0.2) is 48.3 Å². The van der Waals surface area contributed by atoms with E-state index in [1.165, 1.54) is 77.5 Å². The van der Waals surface area contributed by atoms with Crippen molar-refractivity contribution in [2.75, 3.05) is 26.2 Å². The standard InChI is InChI=1S/C20H38N2O/c1-16(2)15-19(23)17-5-13-22(14-6-17)18-3-7-20(8-4-18)9-11-21-12-10-20/h16-19,21,23H,3-15H2,1-2H3. The smallest absolute Gasteiger partial charge is 0.0571 e. The van der Waals surface area contributed by atoms with Gasteiger partial charge < -0.3 is 15.3 Å². The van der Waals surface area contributed by atoms with Crippen LogP contribution in [0.3, 0.4) is 0 Å². The van der Waals surface area contributed by atoms with Gasteiger partial charge >= 0.3 is 0 Å². The number of nitrogens with zero attached hydrogens (tertiary/aromatic N) is 1. The molecule has 3 aliphatic rings. The van der Waals surface area contributed by atoms with Crippen molar-refractivity contribution < 1.29 is 5.11 Å². The summed E-state index contributed by atoms with van der Waals surface area (Å²) in [4.78, 5) is 2.76. The predicted octanol–water partition coefficient (Wildman–Crippen LogP) is 3.42. The van der Waals surface area contributed by atoms with E-state index < -0.39 is 0 Å². The molecule has 3 nitrogen and oxygen atoms in total. The van der Waals surface area contributed by atoms with Crippen LogP contribution in [0.1, 0.15) is 71.6 Å². The lowest BCUT2D eigenvalue weighted by Gasteiger charge is -2.47. The molecule has 0 aromatic heterocycles. The van der Waals surface area contributed by atoms with Crippen LogP contribution in [0.5, 0.6) is 0 Å². The van der Waals surface area contributed by atoms with Gasteiger partial charge in [-0.25, -0.2) is 0 Å². The summed E-state index contributed by atoms with van der Waals surface area (Å²) in [5.74, 6) is 1.16. The van der Waals surface area contributed by atoms with Crippen molar-refractivity contribution >= 4 is 0 Å². The lowest BCUT2D eigenvalue weighted by Crippen LogP contribution is -2.48. The van der Waals surface area contributed by atoms with Crippen molar-refractivity contribution in [2.24, 2.45) is 17.3 Å². The maximum atomic E-state index is 10.4. The maximum absolute atomic E-state index is 10.4. The quantitative estimate of drug-likeness (QED) is 0.832. The minimum atomic E-state index is -0.0680. The fourth-order valence-corrected chi connectivity index (χ4v) is 5.38. The van der Waals surface area contributed by atoms with Crippen molar-refractivity contribution in [1.29, 1.82) is 0 Å². The van der Waals surface area contributed by atoms with Crippen LogP contribution in [0.25, 0.3) is 0 Å². The maximum Gasteiger partial charge on any atom is 0.0571 e. The molecule has 2 aliphatic heterocycles. The normalized spacial score (nSPS) is 29.2. The first-order chi connectivity index (χ1) is 11.1. The Bertz CT molecular complexity index is 347. The Hall–Kier alpha value is -0.120. The second kappa shape index (κ2) is 7.84. The first kappa shape index (κ1) is 17.7. The van der Waals surface area contributed by atoms with Crippen LogP contribution < -0.4 is 5.32 Å². The van der Waals surface area contributed by atoms with E-state index in [0.29, 0.717) is 17.3 Å². The topological polar surface area (TPSA) is 35.5 Å². The zero-order valence-corrected chi connectivity index (χ0v) is 15.4. The Kier molecular flexibility index (Phi) is 6.03. The largest absolute Gasteiger partial charge is 0.393 e. The molecule has 3 heteroatoms. The zero-order chi connectivity index (χ0) is 16.3. The minimum absolute atomic E-state index is 0.0680. The zero-order valence-electron chi connectivity index (χ0n) is 15.4. The number of aliphatic hydroxyl groups excluding tert-OH is 1. The number of hydrogen-bond acceptors (Lipinski definition) is 3. The highest BCUT2D eigenvalue weighted by Gasteiger charge is 2.38. The van der Waals surface area contributed by atoms with E-state index in [-0.39, 0.29) is 6.10 Å². The van der Waals surface area contributed by atoms with Crippen molar-refractivity contribution in [3.8, 4) is 0 Å². The van der Waals surface area contributed by atoms with E-state index in [9.17, 15) is 5.11 Å². The van der Waals surface area contributed by atoms with Gasteiger partial charge in [0.1, 0.15) is 0 Å². The van der Waals surface area contributed by atoms with Gasteiger partial charge in [0.25, 0.3) is 0 Å². The SMILES string of the molecule is CC(C)CC(O)C1CCN(C2CCC3(CCNCC3)CC2)CC1. The highest BCUT2D eigenvalue weighted by molar-refractivity contribution is 4.93. The molecule has 3 rings (SSSR count). The Labute approximate surface area is 143 Å². The number of aliphatic hydroxyl groups is 1. The summed E-state index contributed by atoms with van der Waals surface area (Å²) in [5, 5.41) is 13.9. The summed E-state index contributed by atoms with van der Waals surface area (Å²) in [6.07, 6.45) is 11.9. The van der Waals surface area contributed by atoms with Gasteiger partial charge in [-0.05, 0) is 101 Å². The number of hydrogen-bond donors (Lipinski definition) is 2. The van der Waals surface area contributed by atoms with Crippen LogP contribution in [0, 0.1) is 17.3 Å². The van der Waals surface area contributed by atoms with Crippen molar-refractivity contribution in [2.45, 2.75) is 83.8 Å². The molecule has 1 unspecified atom stereocenters. The van der Waals surface area contributed by atoms with Crippen molar-refractivity contribution in [3.63, 3.8) is 0 Å². The van der Waals surface area contributed by atoms with Gasteiger partial charge in [0.05, 0.1) is 6.10 Å². The first-order valence-electron chi connectivity index (χ1n) is 10.2. The van der Waals surface area contributed by atoms with E-state index in [0.717, 1.165) is 12.5 Å². The number of piperidine rings is 2. The molecule has 1 atom stereocenters. The summed E-state index contributed by atoms with van der Waals surface area (Å²) in [5.41, 5.74) is 0.688. The molecule has 3 fully saturated rings. The van der Waals surface area contributed by atoms with E-state index in [4.69, 9.17) is 0 Å². The first-order valence-corrected chi connectivity index (χ1v) is 10.2. The van der Waals surface area contributed by atoms with Gasteiger partial charge in [0.2, 0.25) is 0 Å². The average Bonchev–Trinajstić information content (AvgIpc) is 2.56. The van der Waals surface area contributed by atoms with Crippen LogP contribution in [0.4, 0.5) is 0 Å².